The first-order valence-electron chi connectivity index (χ1n) is 35.9. The Balaban J connectivity index is 0.848. The van der Waals surface area contributed by atoms with Crippen LogP contribution in [0.3, 0.4) is 0 Å². The highest BCUT2D eigenvalue weighted by Gasteiger charge is 2.48. The van der Waals surface area contributed by atoms with Gasteiger partial charge in [0, 0.05) is 83.5 Å². The Labute approximate surface area is 616 Å². The number of halogens is 1. The van der Waals surface area contributed by atoms with Crippen molar-refractivity contribution in [3.8, 4) is 44.5 Å². The Hall–Kier alpha value is -13.1. The van der Waals surface area contributed by atoms with E-state index in [4.69, 9.17) is 0 Å². The molecule has 16 aromatic carbocycles. The van der Waals surface area contributed by atoms with Crippen molar-refractivity contribution in [1.82, 2.24) is 0 Å². The molecule has 0 bridgehead atoms. The van der Waals surface area contributed by atoms with Crippen LogP contribution in [-0.4, -0.2) is 13.4 Å². The van der Waals surface area contributed by atoms with Gasteiger partial charge in [0.1, 0.15) is 5.82 Å². The van der Waals surface area contributed by atoms with Gasteiger partial charge < -0.3 is 24.5 Å². The molecule has 0 unspecified atom stereocenters. The molecule has 0 N–H and O–H groups in total. The highest BCUT2D eigenvalue weighted by atomic mass is 32.2. The summed E-state index contributed by atoms with van der Waals surface area (Å²) in [6, 6.07) is 140. The molecule has 0 fully saturated rings. The molecule has 5 nitrogen and oxygen atoms in total. The Morgan fingerprint density at radius 2 is 0.610 bits per heavy atom. The maximum absolute atomic E-state index is 18.1. The van der Waals surface area contributed by atoms with Crippen molar-refractivity contribution in [3.63, 3.8) is 0 Å². The van der Waals surface area contributed by atoms with Crippen LogP contribution in [0.2, 0.25) is 0 Å². The van der Waals surface area contributed by atoms with Crippen molar-refractivity contribution in [2.24, 2.45) is 0 Å². The molecule has 0 aromatic heterocycles. The molecule has 0 atom stereocenters. The zero-order chi connectivity index (χ0) is 69.5. The number of anilines is 15. The van der Waals surface area contributed by atoms with Crippen LogP contribution in [0.25, 0.3) is 44.5 Å². The first-order valence-corrected chi connectivity index (χ1v) is 36.7. The Bertz CT molecular complexity index is 5990. The number of hydrogen-bond acceptors (Lipinski definition) is 6. The number of hydrogen-bond donors (Lipinski definition) is 0. The molecule has 0 aliphatic carbocycles. The Kier molecular flexibility index (Phi) is 15.2. The summed E-state index contributed by atoms with van der Waals surface area (Å²) >= 11 is 1.82. The number of nitrogens with zero attached hydrogens (tertiary/aromatic N) is 5. The maximum atomic E-state index is 18.1. The molecule has 20 rings (SSSR count). The van der Waals surface area contributed by atoms with E-state index in [9.17, 15) is 0 Å². The normalized spacial score (nSPS) is 12.7. The van der Waals surface area contributed by atoms with Crippen LogP contribution in [0, 0.1) is 5.82 Å². The minimum atomic E-state index is -0.320. The lowest BCUT2D eigenvalue weighted by molar-refractivity contribution is 0.629. The summed E-state index contributed by atoms with van der Waals surface area (Å²) in [6.07, 6.45) is 0. The fourth-order valence-corrected chi connectivity index (χ4v) is 18.0. The largest absolute Gasteiger partial charge is 0.311 e. The van der Waals surface area contributed by atoms with E-state index >= 15 is 4.39 Å². The van der Waals surface area contributed by atoms with Crippen molar-refractivity contribution in [2.75, 3.05) is 24.5 Å². The Morgan fingerprint density at radius 3 is 1.10 bits per heavy atom. The quantitative estimate of drug-likeness (QED) is 0.106. The van der Waals surface area contributed by atoms with Gasteiger partial charge in [-0.2, -0.15) is 0 Å². The predicted molar refractivity (Wildman–Crippen MR) is 441 cm³/mol. The lowest BCUT2D eigenvalue weighted by Gasteiger charge is -2.46. The minimum absolute atomic E-state index is 0.201. The van der Waals surface area contributed by atoms with Gasteiger partial charge >= 0.3 is 0 Å². The molecule has 105 heavy (non-hydrogen) atoms. The number of benzene rings is 16. The monoisotopic (exact) mass is 1360 g/mol. The lowest BCUT2D eigenvalue weighted by Crippen LogP contribution is -2.64. The van der Waals surface area contributed by atoms with Crippen molar-refractivity contribution in [1.29, 1.82) is 0 Å². The summed E-state index contributed by atoms with van der Waals surface area (Å²) in [6.45, 7) is -0.494. The van der Waals surface area contributed by atoms with Crippen LogP contribution in [0.1, 0.15) is 0 Å². The second-order valence-corrected chi connectivity index (χ2v) is 28.3. The summed E-state index contributed by atoms with van der Waals surface area (Å²) in [4.78, 5) is 14.3. The van der Waals surface area contributed by atoms with Gasteiger partial charge in [-0.05, 0) is 176 Å². The third kappa shape index (κ3) is 10.5. The summed E-state index contributed by atoms with van der Waals surface area (Å²) in [5.74, 6) is -0.320. The average Bonchev–Trinajstić information content (AvgIpc) is 0.688. The molecule has 9 heteroatoms. The maximum Gasteiger partial charge on any atom is 0.252 e. The van der Waals surface area contributed by atoms with Crippen molar-refractivity contribution >= 4 is 143 Å². The molecule has 492 valence electrons. The van der Waals surface area contributed by atoms with Gasteiger partial charge in [-0.1, -0.05) is 290 Å². The van der Waals surface area contributed by atoms with Crippen LogP contribution in [0.15, 0.2) is 398 Å². The summed E-state index contributed by atoms with van der Waals surface area (Å²) in [5, 5.41) is 0. The first kappa shape index (κ1) is 61.8. The van der Waals surface area contributed by atoms with E-state index in [-0.39, 0.29) is 19.2 Å². The van der Waals surface area contributed by atoms with E-state index in [0.717, 1.165) is 145 Å². The topological polar surface area (TPSA) is 16.2 Å². The van der Waals surface area contributed by atoms with Crippen molar-refractivity contribution in [2.45, 2.75) is 9.79 Å². The molecule has 0 radical (unpaired) electrons. The number of fused-ring (bicyclic) bond motifs is 8. The second-order valence-electron chi connectivity index (χ2n) is 27.2. The fraction of sp³-hybridized carbons (Fsp3) is 0. The Morgan fingerprint density at radius 1 is 0.238 bits per heavy atom. The predicted octanol–water partition coefficient (Wildman–Crippen LogP) is 22.3. The molecule has 4 aliphatic rings. The van der Waals surface area contributed by atoms with Crippen LogP contribution in [0.5, 0.6) is 0 Å². The van der Waals surface area contributed by atoms with Crippen LogP contribution in [-0.2, 0) is 0 Å². The SMILES string of the molecule is Fc1ccccc1N1c2cc3c(cc2B2c4ccccc4N(c4ccccc4)c4cc(N(c5ccc(-c6ccccc6)cc5)c5ccccc5-c5ccccc5)cc1c42)B1c2ccccc2N(c2ccccc2)c2cc(N(c4ccc(-c5ccccc5)cc4)c4ccccc4-c4ccccc4)cc(c21)S3. The minimum Gasteiger partial charge on any atom is -0.311 e. The van der Waals surface area contributed by atoms with Gasteiger partial charge in [-0.3, -0.25) is 0 Å². The summed E-state index contributed by atoms with van der Waals surface area (Å²) < 4.78 is 18.1. The zero-order valence-electron chi connectivity index (χ0n) is 57.1. The lowest BCUT2D eigenvalue weighted by atomic mass is 9.31. The smallest absolute Gasteiger partial charge is 0.252 e. The van der Waals surface area contributed by atoms with Crippen LogP contribution in [0.4, 0.5) is 89.7 Å². The molecule has 4 aliphatic heterocycles. The van der Waals surface area contributed by atoms with Gasteiger partial charge in [-0.25, -0.2) is 4.39 Å². The summed E-state index contributed by atoms with van der Waals surface area (Å²) in [7, 11) is 0. The highest BCUT2D eigenvalue weighted by Crippen LogP contribution is 2.53. The van der Waals surface area contributed by atoms with Gasteiger partial charge in [-0.15, -0.1) is 0 Å². The highest BCUT2D eigenvalue weighted by molar-refractivity contribution is 8.00. The molecule has 0 amide bonds. The number of rotatable bonds is 13. The van der Waals surface area contributed by atoms with Gasteiger partial charge in [0.25, 0.3) is 6.71 Å². The number of para-hydroxylation sites is 7. The fourth-order valence-electron chi connectivity index (χ4n) is 16.8. The molecule has 4 heterocycles. The van der Waals surface area contributed by atoms with Crippen molar-refractivity contribution < 1.29 is 4.39 Å². The molecule has 16 aromatic rings. The van der Waals surface area contributed by atoms with E-state index < -0.39 is 0 Å². The molecule has 0 saturated carbocycles. The standard InChI is InChI=1S/C96H64B2FN5S/c99-83-45-23-28-50-88(83)104-89-64-93-82(98-80-44-22-27-49-87(80)103(72-39-17-6-18-40-72)92-61-76(62-94(105-93)96(92)98)101(74-57-53-68(54-58-74)66-31-9-2-10-32-66)85-47-25-20-42-78(85)70-35-13-4-14-36-70)63-81(89)97-79-43-21-26-48-86(79)102(71-37-15-5-16-38-71)90-59-75(60-91(104)95(90)97)100(73-55-51-67(52-56-73)65-29-7-1-8-30-65)84-46-24-19-41-77(84)69-33-11-3-12-34-69/h1-64H. The van der Waals surface area contributed by atoms with E-state index in [1.54, 1.807) is 12.1 Å². The van der Waals surface area contributed by atoms with Gasteiger partial charge in [0.15, 0.2) is 0 Å². The van der Waals surface area contributed by atoms with Crippen LogP contribution < -0.4 is 57.3 Å². The second kappa shape index (κ2) is 25.8. The molecular weight excluding hydrogens is 1300 g/mol. The summed E-state index contributed by atoms with van der Waals surface area (Å²) in [5.41, 5.74) is 30.7. The third-order valence-corrected chi connectivity index (χ3v) is 22.4. The van der Waals surface area contributed by atoms with E-state index in [0.29, 0.717) is 5.69 Å². The van der Waals surface area contributed by atoms with Crippen molar-refractivity contribution in [3.05, 3.63) is 394 Å². The first-order chi connectivity index (χ1) is 52.0. The zero-order valence-corrected chi connectivity index (χ0v) is 57.9. The van der Waals surface area contributed by atoms with Crippen LogP contribution >= 0.6 is 11.8 Å². The van der Waals surface area contributed by atoms with E-state index in [2.05, 4.69) is 388 Å². The molecule has 0 spiro atoms. The van der Waals surface area contributed by atoms with E-state index in [1.165, 1.54) is 21.9 Å². The molecular formula is C96H64B2FN5S. The third-order valence-electron chi connectivity index (χ3n) is 21.3. The molecule has 0 saturated heterocycles. The van der Waals surface area contributed by atoms with Gasteiger partial charge in [0.2, 0.25) is 6.71 Å². The average molecular weight is 1360 g/mol. The van der Waals surface area contributed by atoms with Gasteiger partial charge in [0.05, 0.1) is 22.7 Å². The van der Waals surface area contributed by atoms with E-state index in [1.807, 2.05) is 23.9 Å².